The fourth-order valence-electron chi connectivity index (χ4n) is 3.30. The van der Waals surface area contributed by atoms with Gasteiger partial charge >= 0.3 is 12.1 Å². The number of nitrogens with zero attached hydrogens (tertiary/aromatic N) is 2. The summed E-state index contributed by atoms with van der Waals surface area (Å²) in [5, 5.41) is 3.14. The molecule has 0 bridgehead atoms. The number of anilines is 1. The number of hydrogen-bond donors (Lipinski definition) is 2. The van der Waals surface area contributed by atoms with Gasteiger partial charge in [0.15, 0.2) is 5.17 Å². The molecule has 0 unspecified atom stereocenters. The molecule has 2 aromatic rings. The Morgan fingerprint density at radius 3 is 2.59 bits per heavy atom. The zero-order valence-electron chi connectivity index (χ0n) is 18.3. The predicted molar refractivity (Wildman–Crippen MR) is 126 cm³/mol. The number of aryl methyl sites for hydroxylation is 1. The van der Waals surface area contributed by atoms with Crippen LogP contribution in [0.1, 0.15) is 36.5 Å². The number of amidine groups is 1. The zero-order valence-corrected chi connectivity index (χ0v) is 19.1. The van der Waals surface area contributed by atoms with Gasteiger partial charge in [-0.3, -0.25) is 9.69 Å². The molecule has 1 heterocycles. The molecule has 0 atom stereocenters. The van der Waals surface area contributed by atoms with Crippen LogP contribution < -0.4 is 20.7 Å². The van der Waals surface area contributed by atoms with Crippen LogP contribution in [0.3, 0.4) is 0 Å². The summed E-state index contributed by atoms with van der Waals surface area (Å²) < 4.78 is 4.79. The number of primary amides is 1. The number of aliphatic imine (C=N–C) groups is 1. The summed E-state index contributed by atoms with van der Waals surface area (Å²) in [4.78, 5) is 41.5. The molecule has 0 aliphatic carbocycles. The van der Waals surface area contributed by atoms with Crippen molar-refractivity contribution in [1.29, 1.82) is 0 Å². The first-order valence-corrected chi connectivity index (χ1v) is 11.2. The first-order chi connectivity index (χ1) is 15.2. The Morgan fingerprint density at radius 2 is 1.94 bits per heavy atom. The molecule has 2 aromatic carbocycles. The van der Waals surface area contributed by atoms with Gasteiger partial charge in [-0.2, -0.15) is 4.99 Å². The summed E-state index contributed by atoms with van der Waals surface area (Å²) in [6, 6.07) is 12.3. The largest absolute Gasteiger partial charge is 0.411 e. The van der Waals surface area contributed by atoms with Crippen LogP contribution in [0.4, 0.5) is 15.3 Å². The summed E-state index contributed by atoms with van der Waals surface area (Å²) in [7, 11) is 0. The Hall–Kier alpha value is -3.33. The molecule has 0 spiro atoms. The van der Waals surface area contributed by atoms with E-state index >= 15 is 0 Å². The van der Waals surface area contributed by atoms with Gasteiger partial charge in [-0.15, -0.1) is 0 Å². The molecule has 3 N–H and O–H groups in total. The Kier molecular flexibility index (Phi) is 7.53. The third-order valence-corrected chi connectivity index (χ3v) is 5.77. The highest BCUT2D eigenvalue weighted by Crippen LogP contribution is 2.34. The topological polar surface area (TPSA) is 114 Å². The highest BCUT2D eigenvalue weighted by atomic mass is 32.2. The van der Waals surface area contributed by atoms with Crippen LogP contribution in [-0.2, 0) is 11.2 Å². The van der Waals surface area contributed by atoms with Crippen LogP contribution in [0.2, 0.25) is 0 Å². The highest BCUT2D eigenvalue weighted by molar-refractivity contribution is 8.15. The van der Waals surface area contributed by atoms with E-state index in [2.05, 4.69) is 24.2 Å². The van der Waals surface area contributed by atoms with E-state index in [1.165, 1.54) is 11.8 Å². The van der Waals surface area contributed by atoms with Crippen LogP contribution in [0, 0.1) is 6.92 Å². The molecule has 32 heavy (non-hydrogen) atoms. The molecule has 0 aromatic heterocycles. The fraction of sp³-hybridized carbons (Fsp3) is 0.304. The maximum Gasteiger partial charge on any atom is 0.409 e. The highest BCUT2D eigenvalue weighted by Gasteiger charge is 2.32. The lowest BCUT2D eigenvalue weighted by molar-refractivity contribution is -0.115. The van der Waals surface area contributed by atoms with Crippen molar-refractivity contribution in [2.45, 2.75) is 33.1 Å². The Balaban J connectivity index is 1.65. The SMILES string of the molecule is Cc1ccc(C(C)C)c(N2C(=O)CS/C2=N\C(=O)NCCc2ccc(OC(N)=O)cc2)c1. The van der Waals surface area contributed by atoms with Gasteiger partial charge in [-0.1, -0.05) is 49.9 Å². The van der Waals surface area contributed by atoms with Gasteiger partial charge in [-0.25, -0.2) is 9.59 Å². The lowest BCUT2D eigenvalue weighted by Gasteiger charge is -2.22. The average Bonchev–Trinajstić information content (AvgIpc) is 3.08. The number of thioether (sulfide) groups is 1. The zero-order chi connectivity index (χ0) is 23.3. The van der Waals surface area contributed by atoms with Gasteiger partial charge in [0, 0.05) is 6.54 Å². The van der Waals surface area contributed by atoms with Crippen LogP contribution in [0.5, 0.6) is 5.75 Å². The van der Waals surface area contributed by atoms with Crippen molar-refractivity contribution in [3.63, 3.8) is 0 Å². The van der Waals surface area contributed by atoms with Gasteiger partial charge in [0.2, 0.25) is 5.91 Å². The summed E-state index contributed by atoms with van der Waals surface area (Å²) in [6.45, 7) is 6.47. The lowest BCUT2D eigenvalue weighted by Crippen LogP contribution is -2.32. The number of ether oxygens (including phenoxy) is 1. The monoisotopic (exact) mass is 454 g/mol. The van der Waals surface area contributed by atoms with E-state index < -0.39 is 12.1 Å². The number of hydrogen-bond acceptors (Lipinski definition) is 5. The van der Waals surface area contributed by atoms with Crippen LogP contribution in [-0.4, -0.2) is 35.5 Å². The number of nitrogens with one attached hydrogen (secondary N) is 1. The molecule has 1 fully saturated rings. The van der Waals surface area contributed by atoms with Crippen LogP contribution >= 0.6 is 11.8 Å². The van der Waals surface area contributed by atoms with Gasteiger partial charge in [0.1, 0.15) is 5.75 Å². The second-order valence-corrected chi connectivity index (χ2v) is 8.62. The van der Waals surface area contributed by atoms with Crippen LogP contribution in [0.25, 0.3) is 0 Å². The normalized spacial score (nSPS) is 14.8. The average molecular weight is 455 g/mol. The van der Waals surface area contributed by atoms with E-state index in [9.17, 15) is 14.4 Å². The number of benzene rings is 2. The van der Waals surface area contributed by atoms with Gasteiger partial charge in [0.05, 0.1) is 11.4 Å². The molecule has 168 valence electrons. The second-order valence-electron chi connectivity index (χ2n) is 7.68. The second kappa shape index (κ2) is 10.3. The number of nitrogens with two attached hydrogens (primary N) is 1. The smallest absolute Gasteiger partial charge is 0.409 e. The number of urea groups is 1. The summed E-state index contributed by atoms with van der Waals surface area (Å²) in [5.41, 5.74) is 8.77. The van der Waals surface area contributed by atoms with Crippen molar-refractivity contribution < 1.29 is 19.1 Å². The minimum Gasteiger partial charge on any atom is -0.411 e. The van der Waals surface area contributed by atoms with Crippen molar-refractivity contribution in [3.05, 3.63) is 59.2 Å². The van der Waals surface area contributed by atoms with E-state index in [-0.39, 0.29) is 17.6 Å². The Labute approximate surface area is 191 Å². The maximum absolute atomic E-state index is 12.6. The molecule has 9 heteroatoms. The molecule has 0 saturated carbocycles. The van der Waals surface area contributed by atoms with Crippen molar-refractivity contribution >= 4 is 40.6 Å². The molecule has 8 nitrogen and oxygen atoms in total. The molecule has 3 rings (SSSR count). The third-order valence-electron chi connectivity index (χ3n) is 4.84. The predicted octanol–water partition coefficient (Wildman–Crippen LogP) is 3.96. The van der Waals surface area contributed by atoms with Gasteiger partial charge < -0.3 is 15.8 Å². The quantitative estimate of drug-likeness (QED) is 0.686. The molecule has 1 aliphatic rings. The van der Waals surface area contributed by atoms with E-state index in [1.807, 2.05) is 25.1 Å². The minimum absolute atomic E-state index is 0.0904. The van der Waals surface area contributed by atoms with Crippen molar-refractivity contribution in [3.8, 4) is 5.75 Å². The molecule has 1 saturated heterocycles. The van der Waals surface area contributed by atoms with Crippen LogP contribution in [0.15, 0.2) is 47.5 Å². The lowest BCUT2D eigenvalue weighted by atomic mass is 9.99. The van der Waals surface area contributed by atoms with Gasteiger partial charge in [-0.05, 0) is 54.2 Å². The number of rotatable bonds is 6. The molecule has 0 radical (unpaired) electrons. The van der Waals surface area contributed by atoms with Crippen molar-refractivity contribution in [1.82, 2.24) is 5.32 Å². The molecular weight excluding hydrogens is 428 g/mol. The van der Waals surface area contributed by atoms with Crippen molar-refractivity contribution in [2.24, 2.45) is 10.7 Å². The van der Waals surface area contributed by atoms with Gasteiger partial charge in [0.25, 0.3) is 0 Å². The molecular formula is C23H26N4O4S. The van der Waals surface area contributed by atoms with E-state index in [4.69, 9.17) is 10.5 Å². The standard InChI is InChI=1S/C23H26N4O4S/c1-14(2)18-9-4-15(3)12-19(18)27-20(28)13-32-23(27)26-22(30)25-11-10-16-5-7-17(8-6-16)31-21(24)29/h4-9,12,14H,10-11,13H2,1-3H3,(H2,24,29)(H,25,30)/b26-23-. The summed E-state index contributed by atoms with van der Waals surface area (Å²) in [6.07, 6.45) is -0.300. The first kappa shape index (κ1) is 23.3. The number of carbonyl (C=O) groups excluding carboxylic acids is 3. The van der Waals surface area contributed by atoms with E-state index in [0.29, 0.717) is 23.9 Å². The summed E-state index contributed by atoms with van der Waals surface area (Å²) in [5.74, 6) is 0.736. The number of carbonyl (C=O) groups is 3. The summed E-state index contributed by atoms with van der Waals surface area (Å²) >= 11 is 1.26. The third kappa shape index (κ3) is 5.88. The first-order valence-electron chi connectivity index (χ1n) is 10.2. The van der Waals surface area contributed by atoms with E-state index in [1.54, 1.807) is 29.2 Å². The maximum atomic E-state index is 12.6. The number of amides is 4. The Bertz CT molecular complexity index is 1050. The van der Waals surface area contributed by atoms with Crippen molar-refractivity contribution in [2.75, 3.05) is 17.2 Å². The molecule has 1 aliphatic heterocycles. The van der Waals surface area contributed by atoms with E-state index in [0.717, 1.165) is 22.4 Å². The molecule has 4 amide bonds. The Morgan fingerprint density at radius 1 is 1.22 bits per heavy atom. The minimum atomic E-state index is -0.868. The fourth-order valence-corrected chi connectivity index (χ4v) is 4.16.